The lowest BCUT2D eigenvalue weighted by molar-refractivity contribution is 0.0951. The fourth-order valence-electron chi connectivity index (χ4n) is 1.70. The maximum Gasteiger partial charge on any atom is 0.251 e. The zero-order chi connectivity index (χ0) is 15.2. The minimum absolute atomic E-state index is 0.0649. The Morgan fingerprint density at radius 1 is 1.38 bits per heavy atom. The molecular formula is C15H14N4O2. The second-order valence-corrected chi connectivity index (χ2v) is 4.59. The molecule has 1 fully saturated rings. The number of ether oxygens (including phenoxy) is 1. The Morgan fingerprint density at radius 2 is 2.10 bits per heavy atom. The number of hydrogen-bond acceptors (Lipinski definition) is 5. The number of hydrogen-bond donors (Lipinski definition) is 2. The molecule has 1 aromatic rings. The van der Waals surface area contributed by atoms with Crippen LogP contribution in [0.3, 0.4) is 0 Å². The van der Waals surface area contributed by atoms with Gasteiger partial charge in [-0.25, -0.2) is 0 Å². The molecule has 0 atom stereocenters. The molecule has 21 heavy (non-hydrogen) atoms. The highest BCUT2D eigenvalue weighted by molar-refractivity contribution is 5.96. The van der Waals surface area contributed by atoms with E-state index in [-0.39, 0.29) is 17.5 Å². The van der Waals surface area contributed by atoms with Gasteiger partial charge in [0.1, 0.15) is 23.5 Å². The Hall–Kier alpha value is -2.99. The third-order valence-electron chi connectivity index (χ3n) is 2.99. The van der Waals surface area contributed by atoms with E-state index in [1.165, 1.54) is 13.3 Å². The van der Waals surface area contributed by atoms with Gasteiger partial charge in [0.05, 0.1) is 12.8 Å². The van der Waals surface area contributed by atoms with Gasteiger partial charge in [-0.3, -0.25) is 4.79 Å². The quantitative estimate of drug-likeness (QED) is 0.804. The van der Waals surface area contributed by atoms with Gasteiger partial charge in [-0.15, -0.1) is 0 Å². The Labute approximate surface area is 122 Å². The number of nitriles is 2. The van der Waals surface area contributed by atoms with Crippen LogP contribution in [0.2, 0.25) is 0 Å². The topological polar surface area (TPSA) is 97.9 Å². The molecule has 1 saturated carbocycles. The normalized spacial score (nSPS) is 12.5. The molecule has 0 unspecified atom stereocenters. The summed E-state index contributed by atoms with van der Waals surface area (Å²) in [6.07, 6.45) is 3.31. The third kappa shape index (κ3) is 3.74. The molecule has 0 saturated heterocycles. The van der Waals surface area contributed by atoms with Crippen molar-refractivity contribution < 1.29 is 9.53 Å². The van der Waals surface area contributed by atoms with Crippen LogP contribution in [-0.2, 0) is 0 Å². The van der Waals surface area contributed by atoms with E-state index < -0.39 is 0 Å². The molecule has 2 N–H and O–H groups in total. The molecule has 0 bridgehead atoms. The van der Waals surface area contributed by atoms with Gasteiger partial charge in [-0.2, -0.15) is 10.5 Å². The number of carbonyl (C=O) groups excluding carboxylic acids is 1. The number of amides is 1. The number of methoxy groups -OCH3 is 1. The summed E-state index contributed by atoms with van der Waals surface area (Å²) in [5.41, 5.74) is 0.947. The summed E-state index contributed by atoms with van der Waals surface area (Å²) in [4.78, 5) is 12.0. The zero-order valence-corrected chi connectivity index (χ0v) is 11.5. The minimum Gasteiger partial charge on any atom is -0.495 e. The maximum atomic E-state index is 12.0. The van der Waals surface area contributed by atoms with Crippen LogP contribution in [0.5, 0.6) is 5.75 Å². The summed E-state index contributed by atoms with van der Waals surface area (Å²) in [6, 6.07) is 8.73. The van der Waals surface area contributed by atoms with Crippen molar-refractivity contribution in [1.29, 1.82) is 10.5 Å². The van der Waals surface area contributed by atoms with E-state index in [0.717, 1.165) is 12.8 Å². The summed E-state index contributed by atoms with van der Waals surface area (Å²) in [7, 11) is 1.50. The van der Waals surface area contributed by atoms with Crippen molar-refractivity contribution >= 4 is 11.6 Å². The van der Waals surface area contributed by atoms with Crippen molar-refractivity contribution in [3.05, 3.63) is 35.5 Å². The van der Waals surface area contributed by atoms with Crippen molar-refractivity contribution in [1.82, 2.24) is 5.32 Å². The SMILES string of the molecule is COc1ccc(C(=O)NC2CC2)cc1NC=C(C#N)C#N. The summed E-state index contributed by atoms with van der Waals surface area (Å²) in [6.45, 7) is 0. The molecule has 0 aromatic heterocycles. The van der Waals surface area contributed by atoms with Crippen molar-refractivity contribution in [3.63, 3.8) is 0 Å². The number of nitrogens with zero attached hydrogens (tertiary/aromatic N) is 2. The van der Waals surface area contributed by atoms with Crippen LogP contribution in [0.4, 0.5) is 5.69 Å². The van der Waals surface area contributed by atoms with E-state index in [0.29, 0.717) is 17.0 Å². The van der Waals surface area contributed by atoms with Crippen molar-refractivity contribution in [3.8, 4) is 17.9 Å². The third-order valence-corrected chi connectivity index (χ3v) is 2.99. The van der Waals surface area contributed by atoms with Gasteiger partial charge in [-0.05, 0) is 31.0 Å². The van der Waals surface area contributed by atoms with Gasteiger partial charge in [0.25, 0.3) is 5.91 Å². The highest BCUT2D eigenvalue weighted by Gasteiger charge is 2.24. The Morgan fingerprint density at radius 3 is 2.67 bits per heavy atom. The average Bonchev–Trinajstić information content (AvgIpc) is 3.32. The number of nitrogens with one attached hydrogen (secondary N) is 2. The second kappa shape index (κ2) is 6.44. The van der Waals surface area contributed by atoms with Crippen LogP contribution >= 0.6 is 0 Å². The van der Waals surface area contributed by atoms with Gasteiger partial charge in [0.2, 0.25) is 0 Å². The molecule has 6 heteroatoms. The van der Waals surface area contributed by atoms with Crippen LogP contribution in [0, 0.1) is 22.7 Å². The number of anilines is 1. The first kappa shape index (κ1) is 14.4. The Balaban J connectivity index is 2.21. The van der Waals surface area contributed by atoms with Crippen molar-refractivity contribution in [2.75, 3.05) is 12.4 Å². The molecule has 106 valence electrons. The fourth-order valence-corrected chi connectivity index (χ4v) is 1.70. The second-order valence-electron chi connectivity index (χ2n) is 4.59. The van der Waals surface area contributed by atoms with Crippen molar-refractivity contribution in [2.24, 2.45) is 0 Å². The average molecular weight is 282 g/mol. The van der Waals surface area contributed by atoms with E-state index in [1.54, 1.807) is 30.3 Å². The lowest BCUT2D eigenvalue weighted by Crippen LogP contribution is -2.25. The van der Waals surface area contributed by atoms with Gasteiger partial charge in [0.15, 0.2) is 0 Å². The lowest BCUT2D eigenvalue weighted by Gasteiger charge is -2.10. The summed E-state index contributed by atoms with van der Waals surface area (Å²) < 4.78 is 5.18. The molecule has 1 aliphatic rings. The minimum atomic E-state index is -0.145. The molecule has 0 radical (unpaired) electrons. The summed E-state index contributed by atoms with van der Waals surface area (Å²) in [5.74, 6) is 0.373. The van der Waals surface area contributed by atoms with Crippen LogP contribution in [0.25, 0.3) is 0 Å². The van der Waals surface area contributed by atoms with Crippen LogP contribution < -0.4 is 15.4 Å². The molecule has 1 aliphatic carbocycles. The number of carbonyl (C=O) groups is 1. The maximum absolute atomic E-state index is 12.0. The molecule has 1 amide bonds. The van der Waals surface area contributed by atoms with E-state index in [1.807, 2.05) is 0 Å². The van der Waals surface area contributed by atoms with Crippen molar-refractivity contribution in [2.45, 2.75) is 18.9 Å². The first-order valence-corrected chi connectivity index (χ1v) is 6.43. The van der Waals surface area contributed by atoms with Crippen LogP contribution in [-0.4, -0.2) is 19.1 Å². The fraction of sp³-hybridized carbons (Fsp3) is 0.267. The Bertz CT molecular complexity index is 647. The van der Waals surface area contributed by atoms with Gasteiger partial charge >= 0.3 is 0 Å². The lowest BCUT2D eigenvalue weighted by atomic mass is 10.1. The van der Waals surface area contributed by atoms with E-state index >= 15 is 0 Å². The number of allylic oxidation sites excluding steroid dienone is 1. The smallest absolute Gasteiger partial charge is 0.251 e. The van der Waals surface area contributed by atoms with E-state index in [9.17, 15) is 4.79 Å². The highest BCUT2D eigenvalue weighted by Crippen LogP contribution is 2.26. The predicted molar refractivity (Wildman–Crippen MR) is 76.4 cm³/mol. The summed E-state index contributed by atoms with van der Waals surface area (Å²) >= 11 is 0. The zero-order valence-electron chi connectivity index (χ0n) is 11.5. The van der Waals surface area contributed by atoms with E-state index in [4.69, 9.17) is 15.3 Å². The first-order valence-electron chi connectivity index (χ1n) is 6.43. The molecule has 2 rings (SSSR count). The predicted octanol–water partition coefficient (Wildman–Crippen LogP) is 1.93. The molecule has 0 spiro atoms. The molecule has 0 heterocycles. The van der Waals surface area contributed by atoms with Gasteiger partial charge in [0, 0.05) is 17.8 Å². The standard InChI is InChI=1S/C15H14N4O2/c1-21-14-5-2-11(15(20)19-12-3-4-12)6-13(14)18-9-10(7-16)8-17/h2,5-6,9,12,18H,3-4H2,1H3,(H,19,20). The van der Waals surface area contributed by atoms with E-state index in [2.05, 4.69) is 10.6 Å². The van der Waals surface area contributed by atoms with Gasteiger partial charge < -0.3 is 15.4 Å². The Kier molecular flexibility index (Phi) is 4.43. The molecule has 6 nitrogen and oxygen atoms in total. The number of rotatable bonds is 5. The van der Waals surface area contributed by atoms with Crippen LogP contribution in [0.15, 0.2) is 30.0 Å². The number of benzene rings is 1. The monoisotopic (exact) mass is 282 g/mol. The summed E-state index contributed by atoms with van der Waals surface area (Å²) in [5, 5.41) is 23.1. The molecule has 0 aliphatic heterocycles. The highest BCUT2D eigenvalue weighted by atomic mass is 16.5. The molecule has 1 aromatic carbocycles. The first-order chi connectivity index (χ1) is 10.2. The largest absolute Gasteiger partial charge is 0.495 e. The molecular weight excluding hydrogens is 268 g/mol. The van der Waals surface area contributed by atoms with Gasteiger partial charge in [-0.1, -0.05) is 0 Å². The van der Waals surface area contributed by atoms with Crippen LogP contribution in [0.1, 0.15) is 23.2 Å².